The number of aromatic hydroxyl groups is 1. The number of benzene rings is 2. The minimum Gasteiger partial charge on any atom is -0.494 e. The second kappa shape index (κ2) is 7.93. The molecule has 32 heavy (non-hydrogen) atoms. The first-order valence-electron chi connectivity index (χ1n) is 11.1. The zero-order valence-electron chi connectivity index (χ0n) is 19.8. The molecule has 170 valence electrons. The van der Waals surface area contributed by atoms with Crippen LogP contribution in [0.2, 0.25) is 0 Å². The molecule has 0 amide bonds. The zero-order valence-corrected chi connectivity index (χ0v) is 19.8. The summed E-state index contributed by atoms with van der Waals surface area (Å²) in [6, 6.07) is 10.8. The molecule has 3 N–H and O–H groups in total. The van der Waals surface area contributed by atoms with Gasteiger partial charge < -0.3 is 15.4 Å². The van der Waals surface area contributed by atoms with Crippen molar-refractivity contribution >= 4 is 28.5 Å². The summed E-state index contributed by atoms with van der Waals surface area (Å²) >= 11 is 0. The van der Waals surface area contributed by atoms with E-state index >= 15 is 0 Å². The highest BCUT2D eigenvalue weighted by molar-refractivity contribution is 6.02. The van der Waals surface area contributed by atoms with Crippen molar-refractivity contribution in [1.82, 2.24) is 9.88 Å². The van der Waals surface area contributed by atoms with E-state index in [1.807, 2.05) is 12.1 Å². The summed E-state index contributed by atoms with van der Waals surface area (Å²) in [5.41, 5.74) is 4.41. The second-order valence-corrected chi connectivity index (χ2v) is 10.3. The Morgan fingerprint density at radius 3 is 2.47 bits per heavy atom. The van der Waals surface area contributed by atoms with Gasteiger partial charge in [0.2, 0.25) is 0 Å². The van der Waals surface area contributed by atoms with E-state index in [1.165, 1.54) is 12.1 Å². The standard InChI is InChI=1S/C26H33FN4O/c1-16-11-18(28-15-21-20-12-17(27)7-9-23(20)30-24(21)32)8-10-22(16)29-19-13-25(2,3)31(6)26(4,5)14-19/h7-12,15,19,29-30,32H,13-14H2,1-6H3. The van der Waals surface area contributed by atoms with Crippen molar-refractivity contribution in [3.63, 3.8) is 0 Å². The van der Waals surface area contributed by atoms with Crippen LogP contribution in [0.15, 0.2) is 41.4 Å². The number of piperidine rings is 1. The van der Waals surface area contributed by atoms with E-state index in [9.17, 15) is 9.50 Å². The lowest BCUT2D eigenvalue weighted by Gasteiger charge is -2.54. The molecule has 4 rings (SSSR count). The SMILES string of the molecule is Cc1cc(N=Cc2c(O)[nH]c3ccc(F)cc23)ccc1NC1CC(C)(C)N(C)C(C)(C)C1. The van der Waals surface area contributed by atoms with Gasteiger partial charge in [-0.15, -0.1) is 0 Å². The third-order valence-corrected chi connectivity index (χ3v) is 7.00. The summed E-state index contributed by atoms with van der Waals surface area (Å²) < 4.78 is 13.6. The van der Waals surface area contributed by atoms with Crippen molar-refractivity contribution in [3.8, 4) is 5.88 Å². The van der Waals surface area contributed by atoms with Gasteiger partial charge >= 0.3 is 0 Å². The molecule has 0 radical (unpaired) electrons. The molecule has 1 saturated heterocycles. The molecular weight excluding hydrogens is 403 g/mol. The van der Waals surface area contributed by atoms with Gasteiger partial charge in [-0.3, -0.25) is 9.89 Å². The number of halogens is 1. The zero-order chi connectivity index (χ0) is 23.3. The van der Waals surface area contributed by atoms with E-state index in [1.54, 1.807) is 12.3 Å². The molecular formula is C26H33FN4O. The highest BCUT2D eigenvalue weighted by atomic mass is 19.1. The van der Waals surface area contributed by atoms with E-state index in [2.05, 4.69) is 67.9 Å². The van der Waals surface area contributed by atoms with E-state index in [4.69, 9.17) is 0 Å². The van der Waals surface area contributed by atoms with Gasteiger partial charge in [0.05, 0.1) is 11.3 Å². The predicted octanol–water partition coefficient (Wildman–Crippen LogP) is 6.13. The Balaban J connectivity index is 1.53. The van der Waals surface area contributed by atoms with Crippen molar-refractivity contribution in [2.24, 2.45) is 4.99 Å². The number of H-pyrrole nitrogens is 1. The fourth-order valence-corrected chi connectivity index (χ4v) is 5.02. The molecule has 0 aliphatic carbocycles. The molecule has 2 heterocycles. The minimum atomic E-state index is -0.349. The molecule has 0 saturated carbocycles. The van der Waals surface area contributed by atoms with Gasteiger partial charge in [0.15, 0.2) is 5.88 Å². The third kappa shape index (κ3) is 4.24. The summed E-state index contributed by atoms with van der Waals surface area (Å²) in [6.07, 6.45) is 3.73. The number of likely N-dealkylation sites (tertiary alicyclic amines) is 1. The van der Waals surface area contributed by atoms with Crippen molar-refractivity contribution in [2.75, 3.05) is 12.4 Å². The van der Waals surface area contributed by atoms with Crippen molar-refractivity contribution < 1.29 is 9.50 Å². The number of aryl methyl sites for hydroxylation is 1. The van der Waals surface area contributed by atoms with Gasteiger partial charge in [-0.05, 0) is 96.5 Å². The van der Waals surface area contributed by atoms with Gasteiger partial charge in [0.25, 0.3) is 0 Å². The second-order valence-electron chi connectivity index (χ2n) is 10.3. The molecule has 0 unspecified atom stereocenters. The fraction of sp³-hybridized carbons (Fsp3) is 0.423. The van der Waals surface area contributed by atoms with Crippen LogP contribution in [0.5, 0.6) is 5.88 Å². The normalized spacial score (nSPS) is 19.1. The number of nitrogens with zero attached hydrogens (tertiary/aromatic N) is 2. The number of fused-ring (bicyclic) bond motifs is 1. The molecule has 0 atom stereocenters. The summed E-state index contributed by atoms with van der Waals surface area (Å²) in [5, 5.41) is 14.6. The Kier molecular flexibility index (Phi) is 5.53. The molecule has 2 aromatic carbocycles. The topological polar surface area (TPSA) is 63.7 Å². The van der Waals surface area contributed by atoms with Crippen LogP contribution in [0.4, 0.5) is 15.8 Å². The maximum Gasteiger partial charge on any atom is 0.198 e. The minimum absolute atomic E-state index is 0.0168. The molecule has 1 aliphatic rings. The smallest absolute Gasteiger partial charge is 0.198 e. The molecule has 1 aliphatic heterocycles. The summed E-state index contributed by atoms with van der Waals surface area (Å²) in [6.45, 7) is 11.3. The summed E-state index contributed by atoms with van der Waals surface area (Å²) in [7, 11) is 2.22. The molecule has 0 bridgehead atoms. The first-order valence-corrected chi connectivity index (χ1v) is 11.1. The largest absolute Gasteiger partial charge is 0.494 e. The van der Waals surface area contributed by atoms with Crippen LogP contribution in [-0.2, 0) is 0 Å². The van der Waals surface area contributed by atoms with Crippen LogP contribution in [0.1, 0.15) is 51.7 Å². The van der Waals surface area contributed by atoms with Crippen LogP contribution in [0.3, 0.4) is 0 Å². The highest BCUT2D eigenvalue weighted by Crippen LogP contribution is 2.38. The Labute approximate surface area is 189 Å². The fourth-order valence-electron chi connectivity index (χ4n) is 5.02. The Morgan fingerprint density at radius 1 is 1.12 bits per heavy atom. The van der Waals surface area contributed by atoms with Crippen molar-refractivity contribution in [3.05, 3.63) is 53.3 Å². The first-order chi connectivity index (χ1) is 15.0. The van der Waals surface area contributed by atoms with Gasteiger partial charge in [-0.1, -0.05) is 0 Å². The number of hydrogen-bond acceptors (Lipinski definition) is 4. The number of aliphatic imine (C=N–C) groups is 1. The maximum atomic E-state index is 13.6. The molecule has 1 aromatic heterocycles. The number of nitrogens with one attached hydrogen (secondary N) is 2. The summed E-state index contributed by atoms with van der Waals surface area (Å²) in [4.78, 5) is 9.87. The number of aromatic amines is 1. The van der Waals surface area contributed by atoms with E-state index in [0.717, 1.165) is 29.8 Å². The number of aromatic nitrogens is 1. The molecule has 1 fully saturated rings. The third-order valence-electron chi connectivity index (χ3n) is 7.00. The number of rotatable bonds is 4. The quantitative estimate of drug-likeness (QED) is 0.431. The average molecular weight is 437 g/mol. The van der Waals surface area contributed by atoms with Gasteiger partial charge in [0.1, 0.15) is 5.82 Å². The lowest BCUT2D eigenvalue weighted by Crippen LogP contribution is -2.61. The van der Waals surface area contributed by atoms with Gasteiger partial charge in [0, 0.05) is 39.9 Å². The maximum absolute atomic E-state index is 13.6. The summed E-state index contributed by atoms with van der Waals surface area (Å²) in [5.74, 6) is -0.366. The van der Waals surface area contributed by atoms with Crippen LogP contribution in [0, 0.1) is 12.7 Å². The Bertz CT molecular complexity index is 1160. The Hall–Kier alpha value is -2.86. The van der Waals surface area contributed by atoms with Crippen LogP contribution in [0.25, 0.3) is 10.9 Å². The lowest BCUT2D eigenvalue weighted by atomic mass is 9.77. The van der Waals surface area contributed by atoms with E-state index in [-0.39, 0.29) is 22.8 Å². The molecule has 6 heteroatoms. The molecule has 0 spiro atoms. The van der Waals surface area contributed by atoms with Crippen molar-refractivity contribution in [1.29, 1.82) is 0 Å². The predicted molar refractivity (Wildman–Crippen MR) is 131 cm³/mol. The van der Waals surface area contributed by atoms with Gasteiger partial charge in [-0.2, -0.15) is 0 Å². The average Bonchev–Trinajstić information content (AvgIpc) is 3.00. The molecule has 3 aromatic rings. The van der Waals surface area contributed by atoms with Gasteiger partial charge in [-0.25, -0.2) is 4.39 Å². The van der Waals surface area contributed by atoms with Crippen LogP contribution in [-0.4, -0.2) is 45.4 Å². The Morgan fingerprint density at radius 2 is 1.81 bits per heavy atom. The number of hydrogen-bond donors (Lipinski definition) is 3. The van der Waals surface area contributed by atoms with Crippen LogP contribution >= 0.6 is 0 Å². The molecule has 5 nitrogen and oxygen atoms in total. The first kappa shape index (κ1) is 22.3. The number of anilines is 1. The van der Waals surface area contributed by atoms with Crippen molar-refractivity contribution in [2.45, 2.75) is 64.6 Å². The lowest BCUT2D eigenvalue weighted by molar-refractivity contribution is -0.00768. The highest BCUT2D eigenvalue weighted by Gasteiger charge is 2.43. The van der Waals surface area contributed by atoms with E-state index in [0.29, 0.717) is 22.5 Å². The monoisotopic (exact) mass is 436 g/mol. The van der Waals surface area contributed by atoms with E-state index < -0.39 is 0 Å². The van der Waals surface area contributed by atoms with Crippen LogP contribution < -0.4 is 5.32 Å².